The third kappa shape index (κ3) is 3.81. The molecule has 2 N–H and O–H groups in total. The molecule has 0 saturated heterocycles. The van der Waals surface area contributed by atoms with Gasteiger partial charge < -0.3 is 15.2 Å². The Morgan fingerprint density at radius 1 is 1.30 bits per heavy atom. The van der Waals surface area contributed by atoms with Gasteiger partial charge in [-0.1, -0.05) is 12.1 Å². The molecule has 2 atom stereocenters. The van der Waals surface area contributed by atoms with Gasteiger partial charge >= 0.3 is 5.97 Å². The molecule has 0 aromatic heterocycles. The number of ether oxygens (including phenoxy) is 1. The molecule has 1 aliphatic carbocycles. The molecule has 0 aliphatic heterocycles. The van der Waals surface area contributed by atoms with E-state index < -0.39 is 5.97 Å². The Kier molecular flexibility index (Phi) is 4.74. The number of carbonyl (C=O) groups is 2. The molecule has 1 amide bonds. The second kappa shape index (κ2) is 6.52. The SMILES string of the molecule is COC1CCC(NC(=O)Cc2ccc(C(=O)O)cc2)C1. The molecule has 1 aliphatic rings. The van der Waals surface area contributed by atoms with Crippen molar-refractivity contribution in [3.63, 3.8) is 0 Å². The van der Waals surface area contributed by atoms with E-state index in [1.807, 2.05) is 0 Å². The third-order valence-corrected chi connectivity index (χ3v) is 3.65. The van der Waals surface area contributed by atoms with Crippen LogP contribution in [-0.4, -0.2) is 36.2 Å². The minimum Gasteiger partial charge on any atom is -0.478 e. The zero-order valence-electron chi connectivity index (χ0n) is 11.5. The van der Waals surface area contributed by atoms with Gasteiger partial charge in [0.1, 0.15) is 0 Å². The molecular weight excluding hydrogens is 258 g/mol. The molecule has 1 saturated carbocycles. The first-order valence-electron chi connectivity index (χ1n) is 6.73. The van der Waals surface area contributed by atoms with E-state index in [0.29, 0.717) is 0 Å². The highest BCUT2D eigenvalue weighted by Crippen LogP contribution is 2.21. The second-order valence-corrected chi connectivity index (χ2v) is 5.11. The monoisotopic (exact) mass is 277 g/mol. The van der Waals surface area contributed by atoms with Crippen LogP contribution < -0.4 is 5.32 Å². The molecule has 0 bridgehead atoms. The molecule has 0 heterocycles. The van der Waals surface area contributed by atoms with Crippen molar-refractivity contribution in [1.82, 2.24) is 5.32 Å². The van der Waals surface area contributed by atoms with E-state index >= 15 is 0 Å². The Morgan fingerprint density at radius 2 is 2.00 bits per heavy atom. The zero-order chi connectivity index (χ0) is 14.5. The molecular formula is C15H19NO4. The van der Waals surface area contributed by atoms with E-state index in [9.17, 15) is 9.59 Å². The maximum atomic E-state index is 11.9. The van der Waals surface area contributed by atoms with Crippen LogP contribution in [0.2, 0.25) is 0 Å². The standard InChI is InChI=1S/C15H19NO4/c1-20-13-7-6-12(9-13)16-14(17)8-10-2-4-11(5-3-10)15(18)19/h2-5,12-13H,6-9H2,1H3,(H,16,17)(H,18,19). The molecule has 5 nitrogen and oxygen atoms in total. The van der Waals surface area contributed by atoms with Crippen molar-refractivity contribution < 1.29 is 19.4 Å². The summed E-state index contributed by atoms with van der Waals surface area (Å²) in [6.45, 7) is 0. The van der Waals surface area contributed by atoms with Gasteiger partial charge in [-0.25, -0.2) is 4.79 Å². The Labute approximate surface area is 117 Å². The molecule has 2 unspecified atom stereocenters. The summed E-state index contributed by atoms with van der Waals surface area (Å²) in [5.74, 6) is -0.993. The molecule has 2 rings (SSSR count). The lowest BCUT2D eigenvalue weighted by Crippen LogP contribution is -2.34. The van der Waals surface area contributed by atoms with Crippen LogP contribution in [0, 0.1) is 0 Å². The first-order chi connectivity index (χ1) is 9.58. The van der Waals surface area contributed by atoms with Gasteiger partial charge in [-0.05, 0) is 37.0 Å². The summed E-state index contributed by atoms with van der Waals surface area (Å²) in [7, 11) is 1.69. The number of methoxy groups -OCH3 is 1. The number of amides is 1. The van der Waals surface area contributed by atoms with Crippen LogP contribution in [0.3, 0.4) is 0 Å². The predicted molar refractivity (Wildman–Crippen MR) is 73.7 cm³/mol. The van der Waals surface area contributed by atoms with Crippen LogP contribution in [0.15, 0.2) is 24.3 Å². The lowest BCUT2D eigenvalue weighted by Gasteiger charge is -2.13. The predicted octanol–water partition coefficient (Wildman–Crippen LogP) is 1.61. The smallest absolute Gasteiger partial charge is 0.335 e. The van der Waals surface area contributed by atoms with Gasteiger partial charge in [-0.3, -0.25) is 4.79 Å². The lowest BCUT2D eigenvalue weighted by molar-refractivity contribution is -0.121. The minimum atomic E-state index is -0.961. The second-order valence-electron chi connectivity index (χ2n) is 5.11. The average molecular weight is 277 g/mol. The number of hydrogen-bond donors (Lipinski definition) is 2. The molecule has 0 radical (unpaired) electrons. The van der Waals surface area contributed by atoms with Crippen LogP contribution in [0.5, 0.6) is 0 Å². The fourth-order valence-electron chi connectivity index (χ4n) is 2.51. The number of hydrogen-bond acceptors (Lipinski definition) is 3. The summed E-state index contributed by atoms with van der Waals surface area (Å²) >= 11 is 0. The molecule has 108 valence electrons. The molecule has 0 spiro atoms. The van der Waals surface area contributed by atoms with E-state index in [-0.39, 0.29) is 30.0 Å². The summed E-state index contributed by atoms with van der Waals surface area (Å²) in [5.41, 5.74) is 1.04. The first kappa shape index (κ1) is 14.5. The number of aromatic carboxylic acids is 1. The molecule has 20 heavy (non-hydrogen) atoms. The molecule has 5 heteroatoms. The minimum absolute atomic E-state index is 0.0326. The van der Waals surface area contributed by atoms with E-state index in [4.69, 9.17) is 9.84 Å². The highest BCUT2D eigenvalue weighted by atomic mass is 16.5. The van der Waals surface area contributed by atoms with E-state index in [2.05, 4.69) is 5.32 Å². The van der Waals surface area contributed by atoms with Gasteiger partial charge in [0.15, 0.2) is 0 Å². The lowest BCUT2D eigenvalue weighted by atomic mass is 10.1. The number of carbonyl (C=O) groups excluding carboxylic acids is 1. The third-order valence-electron chi connectivity index (χ3n) is 3.65. The summed E-state index contributed by atoms with van der Waals surface area (Å²) in [6.07, 6.45) is 3.31. The van der Waals surface area contributed by atoms with Crippen molar-refractivity contribution in [2.45, 2.75) is 37.8 Å². The van der Waals surface area contributed by atoms with E-state index in [1.165, 1.54) is 12.1 Å². The van der Waals surface area contributed by atoms with Gasteiger partial charge in [-0.2, -0.15) is 0 Å². The van der Waals surface area contributed by atoms with Crippen LogP contribution in [0.4, 0.5) is 0 Å². The van der Waals surface area contributed by atoms with Gasteiger partial charge in [0.25, 0.3) is 0 Å². The van der Waals surface area contributed by atoms with Crippen molar-refractivity contribution >= 4 is 11.9 Å². The molecule has 1 fully saturated rings. The Bertz CT molecular complexity index is 483. The summed E-state index contributed by atoms with van der Waals surface area (Å²) in [4.78, 5) is 22.6. The summed E-state index contributed by atoms with van der Waals surface area (Å²) < 4.78 is 5.27. The van der Waals surface area contributed by atoms with Crippen LogP contribution >= 0.6 is 0 Å². The Hall–Kier alpha value is -1.88. The van der Waals surface area contributed by atoms with E-state index in [0.717, 1.165) is 24.8 Å². The van der Waals surface area contributed by atoms with Crippen molar-refractivity contribution in [1.29, 1.82) is 0 Å². The summed E-state index contributed by atoms with van der Waals surface area (Å²) in [6, 6.07) is 6.57. The molecule has 1 aromatic carbocycles. The Balaban J connectivity index is 1.84. The number of carboxylic acid groups (broad SMARTS) is 1. The highest BCUT2D eigenvalue weighted by Gasteiger charge is 2.25. The van der Waals surface area contributed by atoms with Crippen LogP contribution in [-0.2, 0) is 16.0 Å². The average Bonchev–Trinajstić information content (AvgIpc) is 2.86. The van der Waals surface area contributed by atoms with Crippen molar-refractivity contribution in [2.75, 3.05) is 7.11 Å². The highest BCUT2D eigenvalue weighted by molar-refractivity contribution is 5.87. The van der Waals surface area contributed by atoms with Crippen molar-refractivity contribution in [3.8, 4) is 0 Å². The topological polar surface area (TPSA) is 75.6 Å². The fourth-order valence-corrected chi connectivity index (χ4v) is 2.51. The van der Waals surface area contributed by atoms with Crippen LogP contribution in [0.25, 0.3) is 0 Å². The number of nitrogens with one attached hydrogen (secondary N) is 1. The largest absolute Gasteiger partial charge is 0.478 e. The number of rotatable bonds is 5. The van der Waals surface area contributed by atoms with E-state index in [1.54, 1.807) is 19.2 Å². The maximum Gasteiger partial charge on any atom is 0.335 e. The van der Waals surface area contributed by atoms with Crippen LogP contribution in [0.1, 0.15) is 35.2 Å². The number of carboxylic acids is 1. The number of benzene rings is 1. The first-order valence-corrected chi connectivity index (χ1v) is 6.73. The maximum absolute atomic E-state index is 11.9. The van der Waals surface area contributed by atoms with Gasteiger partial charge in [0.05, 0.1) is 18.1 Å². The van der Waals surface area contributed by atoms with Crippen molar-refractivity contribution in [2.24, 2.45) is 0 Å². The fraction of sp³-hybridized carbons (Fsp3) is 0.467. The zero-order valence-corrected chi connectivity index (χ0v) is 11.5. The van der Waals surface area contributed by atoms with Gasteiger partial charge in [-0.15, -0.1) is 0 Å². The Morgan fingerprint density at radius 3 is 2.55 bits per heavy atom. The van der Waals surface area contributed by atoms with Crippen molar-refractivity contribution in [3.05, 3.63) is 35.4 Å². The van der Waals surface area contributed by atoms with Gasteiger partial charge in [0, 0.05) is 13.2 Å². The normalized spacial score (nSPS) is 21.6. The van der Waals surface area contributed by atoms with Gasteiger partial charge in [0.2, 0.25) is 5.91 Å². The summed E-state index contributed by atoms with van der Waals surface area (Å²) in [5, 5.41) is 11.8. The molecule has 1 aromatic rings. The quantitative estimate of drug-likeness (QED) is 0.857.